The van der Waals surface area contributed by atoms with Crippen molar-refractivity contribution >= 4 is 6.03 Å². The molecule has 1 saturated carbocycles. The van der Waals surface area contributed by atoms with Crippen LogP contribution in [-0.2, 0) is 0 Å². The molecule has 0 spiro atoms. The molecule has 1 aliphatic heterocycles. The van der Waals surface area contributed by atoms with Gasteiger partial charge < -0.3 is 24.8 Å². The molecule has 1 aliphatic carbocycles. The Kier molecular flexibility index (Phi) is 5.68. The maximum atomic E-state index is 12.5. The van der Waals surface area contributed by atoms with Crippen LogP contribution in [0.1, 0.15) is 43.6 Å². The molecule has 6 heteroatoms. The molecular formula is C19H28N2O4. The number of hydrogen-bond acceptors (Lipinski definition) is 4. The van der Waals surface area contributed by atoms with Gasteiger partial charge in [0.15, 0.2) is 11.5 Å². The Morgan fingerprint density at radius 2 is 1.92 bits per heavy atom. The molecule has 0 bridgehead atoms. The first-order valence-corrected chi connectivity index (χ1v) is 9.06. The van der Waals surface area contributed by atoms with E-state index in [1.165, 1.54) is 0 Å². The van der Waals surface area contributed by atoms with Crippen LogP contribution in [0.2, 0.25) is 0 Å². The summed E-state index contributed by atoms with van der Waals surface area (Å²) in [7, 11) is 3.29. The third-order valence-electron chi connectivity index (χ3n) is 5.37. The summed E-state index contributed by atoms with van der Waals surface area (Å²) in [5, 5.41) is 12.7. The number of benzene rings is 1. The number of carbonyl (C=O) groups is 1. The maximum Gasteiger partial charge on any atom is 0.317 e. The van der Waals surface area contributed by atoms with Crippen LogP contribution in [0.5, 0.6) is 11.5 Å². The molecule has 2 aliphatic rings. The molecular weight excluding hydrogens is 320 g/mol. The summed E-state index contributed by atoms with van der Waals surface area (Å²) in [5.74, 6) is 1.74. The summed E-state index contributed by atoms with van der Waals surface area (Å²) in [6, 6.07) is 6.09. The number of nitrogens with zero attached hydrogens (tertiary/aromatic N) is 1. The molecule has 1 aromatic rings. The van der Waals surface area contributed by atoms with Crippen LogP contribution in [-0.4, -0.2) is 55.5 Å². The second-order valence-electron chi connectivity index (χ2n) is 6.97. The fraction of sp³-hybridized carbons (Fsp3) is 0.632. The van der Waals surface area contributed by atoms with E-state index in [0.717, 1.165) is 55.7 Å². The first kappa shape index (κ1) is 17.9. The zero-order valence-corrected chi connectivity index (χ0v) is 15.0. The van der Waals surface area contributed by atoms with Gasteiger partial charge in [0, 0.05) is 30.6 Å². The second-order valence-corrected chi connectivity index (χ2v) is 6.97. The molecule has 25 heavy (non-hydrogen) atoms. The van der Waals surface area contributed by atoms with E-state index in [-0.39, 0.29) is 24.1 Å². The van der Waals surface area contributed by atoms with E-state index in [4.69, 9.17) is 9.47 Å². The molecule has 2 amide bonds. The normalized spacial score (nSPS) is 26.4. The number of urea groups is 1. The number of para-hydroxylation sites is 1. The van der Waals surface area contributed by atoms with Crippen LogP contribution in [0.15, 0.2) is 18.2 Å². The van der Waals surface area contributed by atoms with Gasteiger partial charge in [-0.2, -0.15) is 0 Å². The number of rotatable bonds is 4. The Bertz CT molecular complexity index is 599. The van der Waals surface area contributed by atoms with Gasteiger partial charge >= 0.3 is 6.03 Å². The summed E-state index contributed by atoms with van der Waals surface area (Å²) >= 11 is 0. The van der Waals surface area contributed by atoms with E-state index in [0.29, 0.717) is 6.54 Å². The van der Waals surface area contributed by atoms with Crippen molar-refractivity contribution in [3.63, 3.8) is 0 Å². The van der Waals surface area contributed by atoms with Gasteiger partial charge in [-0.05, 0) is 38.2 Å². The van der Waals surface area contributed by atoms with E-state index in [1.807, 2.05) is 17.0 Å². The van der Waals surface area contributed by atoms with Gasteiger partial charge in [-0.3, -0.25) is 0 Å². The molecule has 1 heterocycles. The lowest BCUT2D eigenvalue weighted by Gasteiger charge is -2.28. The number of likely N-dealkylation sites (tertiary alicyclic amines) is 1. The smallest absolute Gasteiger partial charge is 0.317 e. The van der Waals surface area contributed by atoms with Crippen molar-refractivity contribution in [3.8, 4) is 11.5 Å². The van der Waals surface area contributed by atoms with Crippen LogP contribution < -0.4 is 14.8 Å². The summed E-state index contributed by atoms with van der Waals surface area (Å²) < 4.78 is 10.9. The molecule has 0 aromatic heterocycles. The van der Waals surface area contributed by atoms with Crippen molar-refractivity contribution in [2.75, 3.05) is 27.3 Å². The first-order chi connectivity index (χ1) is 12.1. The van der Waals surface area contributed by atoms with Crippen LogP contribution in [0.25, 0.3) is 0 Å². The summed E-state index contributed by atoms with van der Waals surface area (Å²) in [6.45, 7) is 1.43. The quantitative estimate of drug-likeness (QED) is 0.877. The number of aliphatic hydroxyl groups excluding tert-OH is 1. The monoisotopic (exact) mass is 348 g/mol. The zero-order chi connectivity index (χ0) is 17.8. The predicted octanol–water partition coefficient (Wildman–Crippen LogP) is 2.51. The average molecular weight is 348 g/mol. The van der Waals surface area contributed by atoms with Crippen LogP contribution in [0.3, 0.4) is 0 Å². The highest BCUT2D eigenvalue weighted by Crippen LogP contribution is 2.39. The van der Waals surface area contributed by atoms with Gasteiger partial charge in [-0.25, -0.2) is 4.79 Å². The number of amides is 2. The number of hydrogen-bond donors (Lipinski definition) is 2. The Balaban J connectivity index is 1.61. The lowest BCUT2D eigenvalue weighted by molar-refractivity contribution is 0.115. The third kappa shape index (κ3) is 4.00. The van der Waals surface area contributed by atoms with Gasteiger partial charge in [-0.15, -0.1) is 0 Å². The highest BCUT2D eigenvalue weighted by atomic mass is 16.5. The molecule has 2 N–H and O–H groups in total. The Labute approximate surface area is 149 Å². The molecule has 1 aromatic carbocycles. The lowest BCUT2D eigenvalue weighted by atomic mass is 9.93. The maximum absolute atomic E-state index is 12.5. The molecule has 0 unspecified atom stereocenters. The van der Waals surface area contributed by atoms with E-state index in [9.17, 15) is 9.90 Å². The van der Waals surface area contributed by atoms with Crippen molar-refractivity contribution in [3.05, 3.63) is 23.8 Å². The minimum absolute atomic E-state index is 0.00533. The standard InChI is InChI=1S/C19H28N2O4/c1-24-17-5-3-4-16(18(17)25-2)13-10-11-21(12-13)19(23)20-14-6-8-15(22)9-7-14/h3-5,13-15,22H,6-12H2,1-2H3,(H,20,23)/t13-,14?,15?/m1/s1. The molecule has 3 rings (SSSR count). The SMILES string of the molecule is COc1cccc([C@@H]2CCN(C(=O)NC3CCC(O)CC3)C2)c1OC. The van der Waals surface area contributed by atoms with Crippen LogP contribution >= 0.6 is 0 Å². The minimum atomic E-state index is -0.204. The van der Waals surface area contributed by atoms with Crippen molar-refractivity contribution in [2.24, 2.45) is 0 Å². The van der Waals surface area contributed by atoms with E-state index in [2.05, 4.69) is 11.4 Å². The van der Waals surface area contributed by atoms with Gasteiger partial charge in [-0.1, -0.05) is 12.1 Å². The van der Waals surface area contributed by atoms with Crippen molar-refractivity contribution in [2.45, 2.75) is 50.2 Å². The van der Waals surface area contributed by atoms with Crippen molar-refractivity contribution in [1.82, 2.24) is 10.2 Å². The minimum Gasteiger partial charge on any atom is -0.493 e. The van der Waals surface area contributed by atoms with Gasteiger partial charge in [0.2, 0.25) is 0 Å². The molecule has 1 saturated heterocycles. The summed E-state index contributed by atoms with van der Waals surface area (Å²) in [6.07, 6.45) is 3.97. The molecule has 2 fully saturated rings. The van der Waals surface area contributed by atoms with E-state index < -0.39 is 0 Å². The topological polar surface area (TPSA) is 71.0 Å². The van der Waals surface area contributed by atoms with Crippen LogP contribution in [0, 0.1) is 0 Å². The van der Waals surface area contributed by atoms with E-state index >= 15 is 0 Å². The summed E-state index contributed by atoms with van der Waals surface area (Å²) in [5.41, 5.74) is 1.10. The van der Waals surface area contributed by atoms with E-state index in [1.54, 1.807) is 14.2 Å². The van der Waals surface area contributed by atoms with Crippen molar-refractivity contribution in [1.29, 1.82) is 0 Å². The van der Waals surface area contributed by atoms with Gasteiger partial charge in [0.25, 0.3) is 0 Å². The fourth-order valence-electron chi connectivity index (χ4n) is 3.92. The number of carbonyl (C=O) groups excluding carboxylic acids is 1. The van der Waals surface area contributed by atoms with Crippen LogP contribution in [0.4, 0.5) is 4.79 Å². The molecule has 0 radical (unpaired) electrons. The Morgan fingerprint density at radius 1 is 1.16 bits per heavy atom. The predicted molar refractivity (Wildman–Crippen MR) is 95.3 cm³/mol. The number of nitrogens with one attached hydrogen (secondary N) is 1. The average Bonchev–Trinajstić information content (AvgIpc) is 3.13. The number of methoxy groups -OCH3 is 2. The number of ether oxygens (including phenoxy) is 2. The summed E-state index contributed by atoms with van der Waals surface area (Å²) in [4.78, 5) is 14.4. The second kappa shape index (κ2) is 7.95. The third-order valence-corrected chi connectivity index (χ3v) is 5.37. The molecule has 6 nitrogen and oxygen atoms in total. The number of aliphatic hydroxyl groups is 1. The Hall–Kier alpha value is -1.95. The largest absolute Gasteiger partial charge is 0.493 e. The molecule has 138 valence electrons. The van der Waals surface area contributed by atoms with Gasteiger partial charge in [0.05, 0.1) is 20.3 Å². The Morgan fingerprint density at radius 3 is 2.60 bits per heavy atom. The lowest BCUT2D eigenvalue weighted by Crippen LogP contribution is -2.45. The molecule has 1 atom stereocenters. The van der Waals surface area contributed by atoms with Gasteiger partial charge in [0.1, 0.15) is 0 Å². The first-order valence-electron chi connectivity index (χ1n) is 9.06. The zero-order valence-electron chi connectivity index (χ0n) is 15.0. The highest BCUT2D eigenvalue weighted by Gasteiger charge is 2.31. The highest BCUT2D eigenvalue weighted by molar-refractivity contribution is 5.75. The van der Waals surface area contributed by atoms with Crippen molar-refractivity contribution < 1.29 is 19.4 Å². The fourth-order valence-corrected chi connectivity index (χ4v) is 3.92.